The molecular formula is C20H22FN3O4S. The molecule has 0 saturated carbocycles. The number of rotatable bonds is 8. The minimum absolute atomic E-state index is 0.147. The molecule has 0 fully saturated rings. The van der Waals surface area contributed by atoms with Gasteiger partial charge in [-0.2, -0.15) is 0 Å². The summed E-state index contributed by atoms with van der Waals surface area (Å²) in [5, 5.41) is 5.22. The Balaban J connectivity index is 2.30. The summed E-state index contributed by atoms with van der Waals surface area (Å²) in [5.41, 5.74) is 0.606. The second kappa shape index (κ2) is 9.33. The van der Waals surface area contributed by atoms with Crippen molar-refractivity contribution in [3.8, 4) is 0 Å². The molecule has 0 aliphatic heterocycles. The minimum Gasteiger partial charge on any atom is -0.349 e. The third-order valence-electron chi connectivity index (χ3n) is 4.01. The van der Waals surface area contributed by atoms with Crippen LogP contribution in [0, 0.1) is 5.82 Å². The molecule has 9 heteroatoms. The fourth-order valence-corrected chi connectivity index (χ4v) is 3.86. The molecule has 2 aromatic carbocycles. The summed E-state index contributed by atoms with van der Waals surface area (Å²) < 4.78 is 38.7. The van der Waals surface area contributed by atoms with Crippen molar-refractivity contribution in [2.24, 2.45) is 0 Å². The Morgan fingerprint density at radius 3 is 2.38 bits per heavy atom. The lowest BCUT2D eigenvalue weighted by Crippen LogP contribution is -2.45. The van der Waals surface area contributed by atoms with E-state index in [1.54, 1.807) is 12.1 Å². The molecule has 2 amide bonds. The van der Waals surface area contributed by atoms with Gasteiger partial charge in [0.15, 0.2) is 0 Å². The largest absolute Gasteiger partial charge is 0.349 e. The van der Waals surface area contributed by atoms with Crippen molar-refractivity contribution in [3.05, 3.63) is 72.6 Å². The van der Waals surface area contributed by atoms with Crippen LogP contribution in [0.3, 0.4) is 0 Å². The number of sulfonamides is 1. The van der Waals surface area contributed by atoms with Crippen LogP contribution in [0.4, 0.5) is 15.8 Å². The van der Waals surface area contributed by atoms with Crippen LogP contribution in [-0.2, 0) is 14.8 Å². The molecule has 29 heavy (non-hydrogen) atoms. The van der Waals surface area contributed by atoms with Gasteiger partial charge < -0.3 is 10.6 Å². The molecule has 0 radical (unpaired) electrons. The maximum atomic E-state index is 13.2. The van der Waals surface area contributed by atoms with Gasteiger partial charge in [-0.1, -0.05) is 18.2 Å². The topological polar surface area (TPSA) is 95.6 Å². The second-order valence-corrected chi connectivity index (χ2v) is 8.10. The predicted octanol–water partition coefficient (Wildman–Crippen LogP) is 2.53. The summed E-state index contributed by atoms with van der Waals surface area (Å²) in [6, 6.07) is 9.97. The number of anilines is 2. The molecule has 0 heterocycles. The number of hydrogen-bond donors (Lipinski definition) is 2. The van der Waals surface area contributed by atoms with E-state index in [0.29, 0.717) is 0 Å². The van der Waals surface area contributed by atoms with Gasteiger partial charge in [0.05, 0.1) is 23.2 Å². The monoisotopic (exact) mass is 419 g/mol. The highest BCUT2D eigenvalue weighted by Gasteiger charge is 2.29. The number of amides is 2. The van der Waals surface area contributed by atoms with E-state index in [2.05, 4.69) is 17.2 Å². The van der Waals surface area contributed by atoms with E-state index in [-0.39, 0.29) is 23.5 Å². The molecular weight excluding hydrogens is 397 g/mol. The minimum atomic E-state index is -3.85. The van der Waals surface area contributed by atoms with Crippen LogP contribution in [-0.4, -0.2) is 39.1 Å². The number of carbonyl (C=O) groups is 2. The Morgan fingerprint density at radius 1 is 1.17 bits per heavy atom. The Bertz CT molecular complexity index is 1010. The number of benzene rings is 2. The first-order valence-electron chi connectivity index (χ1n) is 8.69. The first kappa shape index (κ1) is 22.1. The molecule has 0 bridgehead atoms. The molecule has 0 saturated heterocycles. The van der Waals surface area contributed by atoms with E-state index >= 15 is 0 Å². The van der Waals surface area contributed by atoms with Gasteiger partial charge in [-0.3, -0.25) is 13.9 Å². The van der Waals surface area contributed by atoms with Crippen molar-refractivity contribution in [2.75, 3.05) is 22.4 Å². The SMILES string of the molecule is C=CCNC(=O)c1ccccc1NC(=O)C(C)N(c1ccc(F)cc1)S(C)(=O)=O. The van der Waals surface area contributed by atoms with Crippen molar-refractivity contribution >= 4 is 33.2 Å². The number of carbonyl (C=O) groups excluding carboxylic acids is 2. The standard InChI is InChI=1S/C20H22FN3O4S/c1-4-13-22-20(26)17-7-5-6-8-18(17)23-19(25)14(2)24(29(3,27)28)16-11-9-15(21)10-12-16/h4-12,14H,1,13H2,2-3H3,(H,22,26)(H,23,25). The molecule has 7 nitrogen and oxygen atoms in total. The molecule has 0 aliphatic carbocycles. The van der Waals surface area contributed by atoms with E-state index in [1.807, 2.05) is 0 Å². The number of halogens is 1. The highest BCUT2D eigenvalue weighted by molar-refractivity contribution is 7.92. The first-order chi connectivity index (χ1) is 13.6. The zero-order valence-electron chi connectivity index (χ0n) is 16.1. The lowest BCUT2D eigenvalue weighted by molar-refractivity contribution is -0.116. The predicted molar refractivity (Wildman–Crippen MR) is 111 cm³/mol. The normalized spacial score (nSPS) is 12.0. The van der Waals surface area contributed by atoms with Crippen molar-refractivity contribution in [2.45, 2.75) is 13.0 Å². The van der Waals surface area contributed by atoms with Crippen molar-refractivity contribution in [3.63, 3.8) is 0 Å². The Labute approximate surface area is 169 Å². The molecule has 2 rings (SSSR count). The average molecular weight is 419 g/mol. The van der Waals surface area contributed by atoms with Crippen LogP contribution < -0.4 is 14.9 Å². The second-order valence-electron chi connectivity index (χ2n) is 6.24. The molecule has 1 unspecified atom stereocenters. The highest BCUT2D eigenvalue weighted by Crippen LogP contribution is 2.23. The van der Waals surface area contributed by atoms with Crippen LogP contribution in [0.15, 0.2) is 61.2 Å². The van der Waals surface area contributed by atoms with Crippen LogP contribution in [0.25, 0.3) is 0 Å². The van der Waals surface area contributed by atoms with Crippen LogP contribution in [0.1, 0.15) is 17.3 Å². The summed E-state index contributed by atoms with van der Waals surface area (Å²) >= 11 is 0. The summed E-state index contributed by atoms with van der Waals surface area (Å²) in [6.45, 7) is 5.18. The van der Waals surface area contributed by atoms with Crippen molar-refractivity contribution in [1.82, 2.24) is 5.32 Å². The number of nitrogens with zero attached hydrogens (tertiary/aromatic N) is 1. The Kier molecular flexibility index (Phi) is 7.11. The quantitative estimate of drug-likeness (QED) is 0.643. The van der Waals surface area contributed by atoms with E-state index in [0.717, 1.165) is 22.7 Å². The van der Waals surface area contributed by atoms with Gasteiger partial charge in [0, 0.05) is 6.54 Å². The molecule has 2 N–H and O–H groups in total. The fraction of sp³-hybridized carbons (Fsp3) is 0.200. The fourth-order valence-electron chi connectivity index (χ4n) is 2.68. The lowest BCUT2D eigenvalue weighted by Gasteiger charge is -2.28. The van der Waals surface area contributed by atoms with E-state index in [1.165, 1.54) is 37.3 Å². The van der Waals surface area contributed by atoms with Gasteiger partial charge in [-0.05, 0) is 43.3 Å². The highest BCUT2D eigenvalue weighted by atomic mass is 32.2. The van der Waals surface area contributed by atoms with Gasteiger partial charge in [-0.15, -0.1) is 6.58 Å². The Hall–Kier alpha value is -3.20. The third-order valence-corrected chi connectivity index (χ3v) is 5.25. The number of hydrogen-bond acceptors (Lipinski definition) is 4. The molecule has 1 atom stereocenters. The first-order valence-corrected chi connectivity index (χ1v) is 10.5. The van der Waals surface area contributed by atoms with Gasteiger partial charge in [0.1, 0.15) is 11.9 Å². The van der Waals surface area contributed by atoms with Gasteiger partial charge in [-0.25, -0.2) is 12.8 Å². The molecule has 2 aromatic rings. The van der Waals surface area contributed by atoms with Gasteiger partial charge in [0.2, 0.25) is 15.9 Å². The molecule has 154 valence electrons. The van der Waals surface area contributed by atoms with Gasteiger partial charge >= 0.3 is 0 Å². The van der Waals surface area contributed by atoms with Gasteiger partial charge in [0.25, 0.3) is 5.91 Å². The number of nitrogens with one attached hydrogen (secondary N) is 2. The molecule has 0 aliphatic rings. The zero-order valence-corrected chi connectivity index (χ0v) is 16.9. The summed E-state index contributed by atoms with van der Waals surface area (Å²) in [5.74, 6) is -1.59. The maximum Gasteiger partial charge on any atom is 0.253 e. The van der Waals surface area contributed by atoms with E-state index in [9.17, 15) is 22.4 Å². The van der Waals surface area contributed by atoms with E-state index in [4.69, 9.17) is 0 Å². The van der Waals surface area contributed by atoms with Crippen LogP contribution in [0.2, 0.25) is 0 Å². The maximum absolute atomic E-state index is 13.2. The third kappa shape index (κ3) is 5.64. The smallest absolute Gasteiger partial charge is 0.253 e. The number of para-hydroxylation sites is 1. The van der Waals surface area contributed by atoms with Crippen molar-refractivity contribution in [1.29, 1.82) is 0 Å². The Morgan fingerprint density at radius 2 is 1.79 bits per heavy atom. The average Bonchev–Trinajstić information content (AvgIpc) is 2.67. The van der Waals surface area contributed by atoms with Crippen molar-refractivity contribution < 1.29 is 22.4 Å². The summed E-state index contributed by atoms with van der Waals surface area (Å²) in [7, 11) is -3.85. The summed E-state index contributed by atoms with van der Waals surface area (Å²) in [4.78, 5) is 25.1. The van der Waals surface area contributed by atoms with E-state index < -0.39 is 33.7 Å². The summed E-state index contributed by atoms with van der Waals surface area (Å²) in [6.07, 6.45) is 2.48. The molecule has 0 aromatic heterocycles. The zero-order chi connectivity index (χ0) is 21.6. The lowest BCUT2D eigenvalue weighted by atomic mass is 10.1. The molecule has 0 spiro atoms. The van der Waals surface area contributed by atoms with Crippen LogP contribution in [0.5, 0.6) is 0 Å². The van der Waals surface area contributed by atoms with Crippen LogP contribution >= 0.6 is 0 Å².